The first-order valence-electron chi connectivity index (χ1n) is 17.6. The topological polar surface area (TPSA) is 156 Å². The van der Waals surface area contributed by atoms with Gasteiger partial charge in [-0.05, 0) is 59.0 Å². The molecule has 2 aliphatic rings. The van der Waals surface area contributed by atoms with Crippen LogP contribution < -0.4 is 10.6 Å². The lowest BCUT2D eigenvalue weighted by atomic mass is 10.1. The summed E-state index contributed by atoms with van der Waals surface area (Å²) in [7, 11) is -2.96. The van der Waals surface area contributed by atoms with Crippen molar-refractivity contribution >= 4 is 25.4 Å². The summed E-state index contributed by atoms with van der Waals surface area (Å²) in [5.74, 6) is -0.195. The van der Waals surface area contributed by atoms with Crippen LogP contribution in [0.1, 0.15) is 106 Å². The van der Waals surface area contributed by atoms with Crippen molar-refractivity contribution in [3.8, 4) is 0 Å². The highest BCUT2D eigenvalue weighted by Gasteiger charge is 2.41. The van der Waals surface area contributed by atoms with E-state index in [2.05, 4.69) is 38.3 Å². The van der Waals surface area contributed by atoms with Gasteiger partial charge in [0, 0.05) is 58.0 Å². The lowest BCUT2D eigenvalue weighted by Gasteiger charge is -2.25. The standard InChI is InChI=1S/C33H63N4O9P/c1-24(2)34-16-10-8-9-13-32(39)37-21-31(19-27(37)22-43-7)46-47(41,42)44-23-28-18-30(45-26(5)6)20-36(28)33(40)15-14-29(38)12-11-17-35-25(3)4/h24-28,30-31,34-35H,8-23H2,1-7H3,(H,41,42)/t27-,28-,30+,31+/m0/s1. The van der Waals surface area contributed by atoms with Gasteiger partial charge in [0.05, 0.1) is 43.6 Å². The van der Waals surface area contributed by atoms with Crippen LogP contribution in [0.5, 0.6) is 0 Å². The fraction of sp³-hybridized carbons (Fsp3) is 0.909. The van der Waals surface area contributed by atoms with Crippen molar-refractivity contribution in [2.45, 2.75) is 148 Å². The van der Waals surface area contributed by atoms with Gasteiger partial charge in [0.25, 0.3) is 0 Å². The number of methoxy groups -OCH3 is 1. The molecule has 2 rings (SSSR count). The van der Waals surface area contributed by atoms with Crippen LogP contribution >= 0.6 is 7.82 Å². The number of hydrogen-bond acceptors (Lipinski definition) is 10. The molecule has 0 aliphatic carbocycles. The van der Waals surface area contributed by atoms with E-state index in [1.807, 2.05) is 13.8 Å². The Bertz CT molecular complexity index is 999. The molecule has 0 bridgehead atoms. The van der Waals surface area contributed by atoms with E-state index in [-0.39, 0.29) is 61.8 Å². The average molecular weight is 691 g/mol. The number of ketones is 1. The number of carbonyl (C=O) groups excluding carboxylic acids is 3. The molecule has 2 fully saturated rings. The molecule has 2 heterocycles. The van der Waals surface area contributed by atoms with Crippen molar-refractivity contribution in [2.75, 3.05) is 46.5 Å². The number of unbranched alkanes of at least 4 members (excludes halogenated alkanes) is 2. The van der Waals surface area contributed by atoms with Crippen LogP contribution in [0.25, 0.3) is 0 Å². The Labute approximate surface area is 282 Å². The summed E-state index contributed by atoms with van der Waals surface area (Å²) in [6.45, 7) is 14.4. The second-order valence-corrected chi connectivity index (χ2v) is 15.2. The zero-order chi connectivity index (χ0) is 35.0. The molecule has 0 saturated carbocycles. The summed E-state index contributed by atoms with van der Waals surface area (Å²) in [5, 5.41) is 6.66. The number of phosphoric ester groups is 1. The number of Topliss-reactive ketones (excluding diaryl/α,β-unsaturated/α-hetero) is 1. The van der Waals surface area contributed by atoms with E-state index < -0.39 is 20.0 Å². The van der Waals surface area contributed by atoms with E-state index in [1.54, 1.807) is 16.9 Å². The highest BCUT2D eigenvalue weighted by molar-refractivity contribution is 7.47. The molecular formula is C33H63N4O9P. The van der Waals surface area contributed by atoms with Crippen LogP contribution in [-0.4, -0.2) is 121 Å². The number of phosphoric acid groups is 1. The number of amides is 2. The van der Waals surface area contributed by atoms with E-state index >= 15 is 0 Å². The Morgan fingerprint density at radius 1 is 0.766 bits per heavy atom. The number of nitrogens with one attached hydrogen (secondary N) is 2. The molecule has 0 aromatic carbocycles. The van der Waals surface area contributed by atoms with Crippen molar-refractivity contribution in [3.05, 3.63) is 0 Å². The van der Waals surface area contributed by atoms with Gasteiger partial charge in [-0.3, -0.25) is 23.4 Å². The first-order valence-corrected chi connectivity index (χ1v) is 19.1. The quantitative estimate of drug-likeness (QED) is 0.100. The van der Waals surface area contributed by atoms with Gasteiger partial charge >= 0.3 is 7.82 Å². The fourth-order valence-corrected chi connectivity index (χ4v) is 7.08. The molecule has 1 unspecified atom stereocenters. The number of ether oxygens (including phenoxy) is 2. The van der Waals surface area contributed by atoms with Crippen LogP contribution in [-0.2, 0) is 37.5 Å². The lowest BCUT2D eigenvalue weighted by molar-refractivity contribution is -0.135. The molecule has 3 N–H and O–H groups in total. The Kier molecular flexibility index (Phi) is 19.2. The van der Waals surface area contributed by atoms with Crippen molar-refractivity contribution < 1.29 is 42.4 Å². The van der Waals surface area contributed by atoms with Crippen LogP contribution in [0.3, 0.4) is 0 Å². The van der Waals surface area contributed by atoms with Gasteiger partial charge in [-0.15, -0.1) is 0 Å². The summed E-state index contributed by atoms with van der Waals surface area (Å²) in [6, 6.07) is 0.0306. The number of nitrogens with zero attached hydrogens (tertiary/aromatic N) is 2. The Hall–Kier alpha value is -1.44. The first kappa shape index (κ1) is 41.7. The smallest absolute Gasteiger partial charge is 0.383 e. The SMILES string of the molecule is COC[C@@H]1C[C@@H](OP(=O)(O)OC[C@@H]2C[C@@H](OC(C)C)CN2C(=O)CCC(=O)CCCNC(C)C)CN1C(=O)CCCCCNC(C)C. The Morgan fingerprint density at radius 3 is 1.96 bits per heavy atom. The molecule has 5 atom stereocenters. The molecule has 14 heteroatoms. The molecule has 2 aliphatic heterocycles. The van der Waals surface area contributed by atoms with Crippen LogP contribution in [0, 0.1) is 0 Å². The van der Waals surface area contributed by atoms with E-state index in [0.29, 0.717) is 50.9 Å². The normalized spacial score (nSPS) is 23.0. The highest BCUT2D eigenvalue weighted by Crippen LogP contribution is 2.47. The minimum atomic E-state index is -4.52. The predicted octanol–water partition coefficient (Wildman–Crippen LogP) is 3.82. The molecular weight excluding hydrogens is 627 g/mol. The molecule has 0 aromatic rings. The van der Waals surface area contributed by atoms with Crippen LogP contribution in [0.15, 0.2) is 0 Å². The maximum Gasteiger partial charge on any atom is 0.472 e. The molecule has 0 aromatic heterocycles. The zero-order valence-electron chi connectivity index (χ0n) is 29.9. The van der Waals surface area contributed by atoms with Crippen LogP contribution in [0.4, 0.5) is 0 Å². The van der Waals surface area contributed by atoms with Gasteiger partial charge in [-0.2, -0.15) is 0 Å². The second-order valence-electron chi connectivity index (χ2n) is 13.8. The highest BCUT2D eigenvalue weighted by atomic mass is 31.2. The van der Waals surface area contributed by atoms with Gasteiger partial charge in [-0.1, -0.05) is 34.1 Å². The fourth-order valence-electron chi connectivity index (χ4n) is 6.13. The maximum atomic E-state index is 13.2. The van der Waals surface area contributed by atoms with Crippen molar-refractivity contribution in [1.29, 1.82) is 0 Å². The molecule has 2 saturated heterocycles. The third-order valence-electron chi connectivity index (χ3n) is 8.35. The molecule has 274 valence electrons. The van der Waals surface area contributed by atoms with Gasteiger partial charge in [-0.25, -0.2) is 4.57 Å². The second kappa shape index (κ2) is 21.6. The molecule has 2 amide bonds. The Morgan fingerprint density at radius 2 is 1.34 bits per heavy atom. The van der Waals surface area contributed by atoms with Crippen LogP contribution in [0.2, 0.25) is 0 Å². The molecule has 47 heavy (non-hydrogen) atoms. The first-order chi connectivity index (χ1) is 22.2. The summed E-state index contributed by atoms with van der Waals surface area (Å²) in [5.41, 5.74) is 0. The largest absolute Gasteiger partial charge is 0.472 e. The molecule has 0 radical (unpaired) electrons. The van der Waals surface area contributed by atoms with Gasteiger partial charge in [0.2, 0.25) is 11.8 Å². The number of carbonyl (C=O) groups is 3. The predicted molar refractivity (Wildman–Crippen MR) is 181 cm³/mol. The van der Waals surface area contributed by atoms with Crippen molar-refractivity contribution in [3.63, 3.8) is 0 Å². The van der Waals surface area contributed by atoms with E-state index in [1.165, 1.54) is 0 Å². The monoisotopic (exact) mass is 690 g/mol. The molecule has 13 nitrogen and oxygen atoms in total. The third kappa shape index (κ3) is 16.7. The number of hydrogen-bond donors (Lipinski definition) is 3. The minimum Gasteiger partial charge on any atom is -0.383 e. The summed E-state index contributed by atoms with van der Waals surface area (Å²) >= 11 is 0. The number of likely N-dealkylation sites (tertiary alicyclic amines) is 2. The summed E-state index contributed by atoms with van der Waals surface area (Å²) < 4.78 is 35.4. The van der Waals surface area contributed by atoms with E-state index in [4.69, 9.17) is 18.5 Å². The van der Waals surface area contributed by atoms with Crippen molar-refractivity contribution in [1.82, 2.24) is 20.4 Å². The lowest BCUT2D eigenvalue weighted by Crippen LogP contribution is -2.39. The van der Waals surface area contributed by atoms with Gasteiger partial charge < -0.3 is 34.8 Å². The summed E-state index contributed by atoms with van der Waals surface area (Å²) in [6.07, 6.45) is 4.23. The van der Waals surface area contributed by atoms with Crippen molar-refractivity contribution in [2.24, 2.45) is 0 Å². The maximum absolute atomic E-state index is 13.2. The van der Waals surface area contributed by atoms with Gasteiger partial charge in [0.15, 0.2) is 0 Å². The van der Waals surface area contributed by atoms with E-state index in [0.717, 1.165) is 38.8 Å². The average Bonchev–Trinajstić information content (AvgIpc) is 3.57. The third-order valence-corrected chi connectivity index (χ3v) is 9.39. The summed E-state index contributed by atoms with van der Waals surface area (Å²) in [4.78, 5) is 52.6. The minimum absolute atomic E-state index is 0.0225. The number of rotatable bonds is 24. The van der Waals surface area contributed by atoms with E-state index in [9.17, 15) is 23.8 Å². The Balaban J connectivity index is 1.89. The molecule has 0 spiro atoms. The van der Waals surface area contributed by atoms with Gasteiger partial charge in [0.1, 0.15) is 5.78 Å². The zero-order valence-corrected chi connectivity index (χ0v) is 30.8.